The zero-order chi connectivity index (χ0) is 35.7. The molecule has 0 bridgehead atoms. The van der Waals surface area contributed by atoms with Gasteiger partial charge in [-0.2, -0.15) is 0 Å². The molecule has 12 heteroatoms. The molecule has 1 N–H and O–H groups in total. The molecule has 0 heterocycles. The second-order valence-electron chi connectivity index (χ2n) is 12.2. The number of rotatable bonds is 14. The van der Waals surface area contributed by atoms with Gasteiger partial charge < -0.3 is 15.0 Å². The molecule has 1 aliphatic carbocycles. The number of nitrogens with one attached hydrogen (secondary N) is 1. The minimum atomic E-state index is -4.26. The molecule has 0 saturated heterocycles. The van der Waals surface area contributed by atoms with E-state index in [4.69, 9.17) is 27.9 Å². The Bertz CT molecular complexity index is 1860. The molecular formula is C38H40BrCl2N3O5S. The van der Waals surface area contributed by atoms with E-state index in [0.717, 1.165) is 42.0 Å². The number of hydrogen-bond donors (Lipinski definition) is 1. The van der Waals surface area contributed by atoms with Gasteiger partial charge in [0.1, 0.15) is 18.3 Å². The summed E-state index contributed by atoms with van der Waals surface area (Å²) < 4.78 is 36.0. The van der Waals surface area contributed by atoms with Gasteiger partial charge in [0.25, 0.3) is 10.0 Å². The molecule has 1 fully saturated rings. The van der Waals surface area contributed by atoms with Crippen molar-refractivity contribution in [1.82, 2.24) is 10.2 Å². The third kappa shape index (κ3) is 9.81. The van der Waals surface area contributed by atoms with Gasteiger partial charge in [0.2, 0.25) is 11.8 Å². The van der Waals surface area contributed by atoms with E-state index in [1.54, 1.807) is 54.6 Å². The van der Waals surface area contributed by atoms with Crippen LogP contribution in [0.3, 0.4) is 0 Å². The van der Waals surface area contributed by atoms with Crippen LogP contribution in [0.5, 0.6) is 5.75 Å². The summed E-state index contributed by atoms with van der Waals surface area (Å²) in [5.74, 6) is -0.322. The zero-order valence-electron chi connectivity index (χ0n) is 27.7. The number of hydrogen-bond acceptors (Lipinski definition) is 5. The lowest BCUT2D eigenvalue weighted by atomic mass is 9.94. The molecule has 0 aliphatic heterocycles. The van der Waals surface area contributed by atoms with Gasteiger partial charge in [-0.25, -0.2) is 8.42 Å². The van der Waals surface area contributed by atoms with Crippen molar-refractivity contribution in [3.05, 3.63) is 123 Å². The summed E-state index contributed by atoms with van der Waals surface area (Å²) in [6, 6.07) is 26.2. The molecule has 1 saturated carbocycles. The Labute approximate surface area is 312 Å². The van der Waals surface area contributed by atoms with Gasteiger partial charge in [0.05, 0.1) is 17.2 Å². The highest BCUT2D eigenvalue weighted by Crippen LogP contribution is 2.29. The van der Waals surface area contributed by atoms with Crippen molar-refractivity contribution in [2.75, 3.05) is 17.5 Å². The lowest BCUT2D eigenvalue weighted by molar-refractivity contribution is -0.140. The Balaban J connectivity index is 1.58. The smallest absolute Gasteiger partial charge is 0.264 e. The van der Waals surface area contributed by atoms with E-state index in [1.807, 2.05) is 37.3 Å². The normalized spacial score (nSPS) is 14.1. The Kier molecular flexibility index (Phi) is 13.2. The lowest BCUT2D eigenvalue weighted by Crippen LogP contribution is -2.55. The van der Waals surface area contributed by atoms with Crippen LogP contribution < -0.4 is 14.4 Å². The summed E-state index contributed by atoms with van der Waals surface area (Å²) >= 11 is 16.2. The molecule has 50 heavy (non-hydrogen) atoms. The molecule has 8 nitrogen and oxygen atoms in total. The highest BCUT2D eigenvalue weighted by atomic mass is 79.9. The maximum atomic E-state index is 14.8. The monoisotopic (exact) mass is 799 g/mol. The first-order valence-electron chi connectivity index (χ1n) is 16.6. The van der Waals surface area contributed by atoms with E-state index >= 15 is 0 Å². The molecule has 4 aromatic carbocycles. The van der Waals surface area contributed by atoms with E-state index < -0.39 is 28.5 Å². The Hall–Kier alpha value is -3.57. The topological polar surface area (TPSA) is 96.0 Å². The van der Waals surface area contributed by atoms with E-state index in [1.165, 1.54) is 17.0 Å². The highest BCUT2D eigenvalue weighted by Gasteiger charge is 2.35. The fourth-order valence-corrected chi connectivity index (χ4v) is 8.22. The first kappa shape index (κ1) is 37.7. The van der Waals surface area contributed by atoms with E-state index in [0.29, 0.717) is 32.4 Å². The third-order valence-electron chi connectivity index (χ3n) is 8.69. The van der Waals surface area contributed by atoms with E-state index in [2.05, 4.69) is 21.2 Å². The fraction of sp³-hybridized carbons (Fsp3) is 0.316. The van der Waals surface area contributed by atoms with Crippen molar-refractivity contribution in [1.29, 1.82) is 0 Å². The Morgan fingerprint density at radius 2 is 1.60 bits per heavy atom. The minimum absolute atomic E-state index is 0.00515. The maximum absolute atomic E-state index is 14.8. The van der Waals surface area contributed by atoms with Gasteiger partial charge in [-0.1, -0.05) is 94.8 Å². The molecule has 4 aromatic rings. The van der Waals surface area contributed by atoms with Crippen LogP contribution >= 0.6 is 39.1 Å². The molecule has 0 radical (unpaired) electrons. The van der Waals surface area contributed by atoms with Crippen LogP contribution in [0.25, 0.3) is 0 Å². The molecule has 264 valence electrons. The number of nitrogens with zero attached hydrogens (tertiary/aromatic N) is 2. The molecular weight excluding hydrogens is 761 g/mol. The van der Waals surface area contributed by atoms with Gasteiger partial charge in [-0.05, 0) is 91.6 Å². The van der Waals surface area contributed by atoms with Crippen LogP contribution in [0.1, 0.15) is 50.2 Å². The summed E-state index contributed by atoms with van der Waals surface area (Å²) in [7, 11) is -4.26. The summed E-state index contributed by atoms with van der Waals surface area (Å²) in [4.78, 5) is 30.5. The number of carbonyl (C=O) groups is 2. The number of anilines is 1. The number of carbonyl (C=O) groups excluding carboxylic acids is 2. The minimum Gasteiger partial charge on any atom is -0.494 e. The van der Waals surface area contributed by atoms with Crippen molar-refractivity contribution < 1.29 is 22.7 Å². The molecule has 0 aromatic heterocycles. The maximum Gasteiger partial charge on any atom is 0.264 e. The van der Waals surface area contributed by atoms with Crippen LogP contribution in [0.15, 0.2) is 106 Å². The first-order valence-corrected chi connectivity index (χ1v) is 19.6. The van der Waals surface area contributed by atoms with Crippen molar-refractivity contribution in [2.45, 2.75) is 69.0 Å². The SMILES string of the molecule is CCOc1ccc(N(CC(=O)N(Cc2ccc(Cl)cc2Cl)[C@H](Cc2ccccc2)C(=O)NC2CCCCC2)S(=O)(=O)c2ccc(Br)cc2)cc1. The second-order valence-corrected chi connectivity index (χ2v) is 15.8. The molecule has 1 aliphatic rings. The third-order valence-corrected chi connectivity index (χ3v) is 11.6. The number of halogens is 3. The fourth-order valence-electron chi connectivity index (χ4n) is 6.07. The van der Waals surface area contributed by atoms with Gasteiger partial charge in [-0.15, -0.1) is 0 Å². The van der Waals surface area contributed by atoms with Crippen molar-refractivity contribution in [2.24, 2.45) is 0 Å². The average molecular weight is 802 g/mol. The highest BCUT2D eigenvalue weighted by molar-refractivity contribution is 9.10. The summed E-state index contributed by atoms with van der Waals surface area (Å²) in [5, 5.41) is 3.96. The first-order chi connectivity index (χ1) is 24.0. The lowest BCUT2D eigenvalue weighted by Gasteiger charge is -2.35. The zero-order valence-corrected chi connectivity index (χ0v) is 31.6. The second kappa shape index (κ2) is 17.6. The van der Waals surface area contributed by atoms with Crippen LogP contribution in [0.2, 0.25) is 10.0 Å². The quantitative estimate of drug-likeness (QED) is 0.138. The number of sulfonamides is 1. The average Bonchev–Trinajstić information content (AvgIpc) is 3.11. The predicted molar refractivity (Wildman–Crippen MR) is 202 cm³/mol. The summed E-state index contributed by atoms with van der Waals surface area (Å²) in [6.07, 6.45) is 5.08. The van der Waals surface area contributed by atoms with Crippen LogP contribution in [0, 0.1) is 0 Å². The predicted octanol–water partition coefficient (Wildman–Crippen LogP) is 8.44. The van der Waals surface area contributed by atoms with Crippen LogP contribution in [-0.4, -0.2) is 50.4 Å². The van der Waals surface area contributed by atoms with E-state index in [9.17, 15) is 18.0 Å². The molecule has 0 spiro atoms. The molecule has 0 unspecified atom stereocenters. The van der Waals surface area contributed by atoms with Gasteiger partial charge in [-0.3, -0.25) is 13.9 Å². The molecule has 2 amide bonds. The van der Waals surface area contributed by atoms with Crippen LogP contribution in [-0.2, 0) is 32.6 Å². The van der Waals surface area contributed by atoms with Crippen LogP contribution in [0.4, 0.5) is 5.69 Å². The molecule has 1 atom stereocenters. The summed E-state index contributed by atoms with van der Waals surface area (Å²) in [5.41, 5.74) is 1.68. The summed E-state index contributed by atoms with van der Waals surface area (Å²) in [6.45, 7) is 1.65. The number of amides is 2. The van der Waals surface area contributed by atoms with Gasteiger partial charge in [0.15, 0.2) is 0 Å². The number of benzene rings is 4. The van der Waals surface area contributed by atoms with Crippen molar-refractivity contribution in [3.8, 4) is 5.75 Å². The van der Waals surface area contributed by atoms with Gasteiger partial charge >= 0.3 is 0 Å². The Morgan fingerprint density at radius 3 is 2.24 bits per heavy atom. The van der Waals surface area contributed by atoms with Crippen molar-refractivity contribution in [3.63, 3.8) is 0 Å². The largest absolute Gasteiger partial charge is 0.494 e. The van der Waals surface area contributed by atoms with Gasteiger partial charge in [0, 0.05) is 33.5 Å². The standard InChI is InChI=1S/C38H40BrCl2N3O5S/c1-2-49-33-19-17-32(18-20-33)44(50(47,48)34-21-14-29(39)15-22-34)26-37(45)43(25-28-13-16-30(40)24-35(28)41)36(23-27-9-5-3-6-10-27)38(46)42-31-11-7-4-8-12-31/h3,5-6,9-10,13-22,24,31,36H,2,4,7-8,11-12,23,25-26H2,1H3,(H,42,46)/t36-/m1/s1. The van der Waals surface area contributed by atoms with Crippen molar-refractivity contribution >= 4 is 66.7 Å². The number of ether oxygens (including phenoxy) is 1. The Morgan fingerprint density at radius 1 is 0.920 bits per heavy atom. The van der Waals surface area contributed by atoms with E-state index in [-0.39, 0.29) is 35.5 Å². The molecule has 5 rings (SSSR count).